The molecule has 0 fully saturated rings. The number of esters is 1. The van der Waals surface area contributed by atoms with Crippen LogP contribution in [0.3, 0.4) is 0 Å². The van der Waals surface area contributed by atoms with Gasteiger partial charge in [0, 0.05) is 0 Å². The van der Waals surface area contributed by atoms with Crippen molar-refractivity contribution in [1.29, 1.82) is 0 Å². The molecule has 114 valence electrons. The Morgan fingerprint density at radius 3 is 2.35 bits per heavy atom. The molecule has 9 heteroatoms. The molecule has 1 atom stereocenters. The van der Waals surface area contributed by atoms with Gasteiger partial charge in [0.05, 0.1) is 6.61 Å². The molecule has 1 N–H and O–H groups in total. The van der Waals surface area contributed by atoms with Crippen molar-refractivity contribution in [2.75, 3.05) is 6.61 Å². The van der Waals surface area contributed by atoms with E-state index >= 15 is 0 Å². The molecule has 0 aliphatic rings. The van der Waals surface area contributed by atoms with E-state index in [2.05, 4.69) is 10.1 Å². The monoisotopic (exact) mass is 343 g/mol. The van der Waals surface area contributed by atoms with Crippen molar-refractivity contribution in [3.8, 4) is 0 Å². The first-order valence-corrected chi connectivity index (χ1v) is 7.18. The van der Waals surface area contributed by atoms with E-state index in [0.717, 1.165) is 6.42 Å². The summed E-state index contributed by atoms with van der Waals surface area (Å²) in [6.45, 7) is 3.64. The third kappa shape index (κ3) is 6.57. The van der Waals surface area contributed by atoms with Gasteiger partial charge in [0.1, 0.15) is 6.04 Å². The smallest absolute Gasteiger partial charge is 0.419 e. The lowest BCUT2D eigenvalue weighted by atomic mass is 10.0. The minimum Gasteiger partial charge on any atom is -0.457 e. The third-order valence-electron chi connectivity index (χ3n) is 2.33. The Balaban J connectivity index is 5.08. The van der Waals surface area contributed by atoms with Gasteiger partial charge in [-0.25, -0.2) is 4.79 Å². The van der Waals surface area contributed by atoms with Crippen LogP contribution in [-0.2, 0) is 14.3 Å². The van der Waals surface area contributed by atoms with Crippen LogP contribution in [0.1, 0.15) is 33.1 Å². The van der Waals surface area contributed by atoms with Crippen LogP contribution in [-0.4, -0.2) is 38.8 Å². The first-order chi connectivity index (χ1) is 9.27. The van der Waals surface area contributed by atoms with E-state index in [-0.39, 0.29) is 12.3 Å². The predicted molar refractivity (Wildman–Crippen MR) is 77.0 cm³/mol. The molecular weight excluding hydrogens is 328 g/mol. The number of ether oxygens (including phenoxy) is 1. The SMILES string of the molecule is CCCCC(NC(=O)C(Cl)(Cl)Cl)C(=[N+]=[N-])C(=O)OCC. The molecule has 0 radical (unpaired) electrons. The highest BCUT2D eigenvalue weighted by Gasteiger charge is 2.38. The van der Waals surface area contributed by atoms with E-state index in [4.69, 9.17) is 45.1 Å². The number of nitrogens with zero attached hydrogens (tertiary/aromatic N) is 2. The number of amides is 1. The zero-order valence-electron chi connectivity index (χ0n) is 11.2. The third-order valence-corrected chi connectivity index (χ3v) is 2.85. The second kappa shape index (κ2) is 9.19. The lowest BCUT2D eigenvalue weighted by Crippen LogP contribution is -2.48. The fraction of sp³-hybridized carbons (Fsp3) is 0.727. The first-order valence-electron chi connectivity index (χ1n) is 6.04. The molecule has 0 aliphatic carbocycles. The highest BCUT2D eigenvalue weighted by Crippen LogP contribution is 2.26. The minimum atomic E-state index is -2.17. The van der Waals surface area contributed by atoms with Crippen LogP contribution in [0.2, 0.25) is 0 Å². The van der Waals surface area contributed by atoms with Crippen LogP contribution in [0.15, 0.2) is 0 Å². The van der Waals surface area contributed by atoms with Crippen molar-refractivity contribution in [2.45, 2.75) is 42.9 Å². The zero-order chi connectivity index (χ0) is 15.8. The van der Waals surface area contributed by atoms with Gasteiger partial charge in [0.2, 0.25) is 0 Å². The Morgan fingerprint density at radius 2 is 1.95 bits per heavy atom. The topological polar surface area (TPSA) is 91.8 Å². The summed E-state index contributed by atoms with van der Waals surface area (Å²) in [4.78, 5) is 26.2. The highest BCUT2D eigenvalue weighted by molar-refractivity contribution is 6.76. The van der Waals surface area contributed by atoms with E-state index in [1.165, 1.54) is 0 Å². The Morgan fingerprint density at radius 1 is 1.35 bits per heavy atom. The number of hydrogen-bond donors (Lipinski definition) is 1. The molecule has 0 bridgehead atoms. The van der Waals surface area contributed by atoms with E-state index in [1.54, 1.807) is 6.92 Å². The molecule has 6 nitrogen and oxygen atoms in total. The maximum atomic E-state index is 11.6. The zero-order valence-corrected chi connectivity index (χ0v) is 13.4. The molecule has 1 amide bonds. The fourth-order valence-corrected chi connectivity index (χ4v) is 1.55. The molecule has 0 rings (SSSR count). The fourth-order valence-electron chi connectivity index (χ4n) is 1.38. The Hall–Kier alpha value is -0.810. The van der Waals surface area contributed by atoms with E-state index in [1.807, 2.05) is 6.92 Å². The van der Waals surface area contributed by atoms with Crippen molar-refractivity contribution in [3.63, 3.8) is 0 Å². The quantitative estimate of drug-likeness (QED) is 0.252. The molecule has 0 saturated carbocycles. The van der Waals surface area contributed by atoms with Crippen LogP contribution in [0.25, 0.3) is 5.53 Å². The number of rotatable bonds is 7. The molecular formula is C11H16Cl3N3O3. The average Bonchev–Trinajstić information content (AvgIpc) is 2.35. The van der Waals surface area contributed by atoms with E-state index in [9.17, 15) is 9.59 Å². The van der Waals surface area contributed by atoms with E-state index < -0.39 is 21.7 Å². The van der Waals surface area contributed by atoms with Gasteiger partial charge >= 0.3 is 11.7 Å². The summed E-state index contributed by atoms with van der Waals surface area (Å²) < 4.78 is 2.58. The van der Waals surface area contributed by atoms with Crippen LogP contribution < -0.4 is 5.32 Å². The Kier molecular flexibility index (Phi) is 8.81. The molecule has 0 aromatic rings. The van der Waals surface area contributed by atoms with Gasteiger partial charge in [-0.1, -0.05) is 54.6 Å². The summed E-state index contributed by atoms with van der Waals surface area (Å²) in [5.41, 5.74) is 8.61. The molecule has 0 heterocycles. The van der Waals surface area contributed by atoms with Crippen LogP contribution in [0, 0.1) is 0 Å². The number of hydrogen-bond acceptors (Lipinski definition) is 3. The van der Waals surface area contributed by atoms with Gasteiger partial charge < -0.3 is 15.6 Å². The van der Waals surface area contributed by atoms with Gasteiger partial charge in [-0.05, 0) is 13.3 Å². The predicted octanol–water partition coefficient (Wildman–Crippen LogP) is 2.27. The number of nitrogens with one attached hydrogen (secondary N) is 1. The molecule has 0 saturated heterocycles. The van der Waals surface area contributed by atoms with Crippen LogP contribution in [0.4, 0.5) is 0 Å². The van der Waals surface area contributed by atoms with Crippen LogP contribution >= 0.6 is 34.8 Å². The standard InChI is InChI=1S/C11H16Cl3N3O3/c1-3-5-6-7(16-10(19)11(12,13)14)8(17-15)9(18)20-4-2/h7H,3-6H2,1-2H3,(H,16,19). The Labute approximate surface area is 132 Å². The van der Waals surface area contributed by atoms with Crippen molar-refractivity contribution < 1.29 is 19.1 Å². The summed E-state index contributed by atoms with van der Waals surface area (Å²) >= 11 is 16.4. The molecule has 0 aromatic carbocycles. The lowest BCUT2D eigenvalue weighted by molar-refractivity contribution is -0.140. The second-order valence-electron chi connectivity index (χ2n) is 3.87. The van der Waals surface area contributed by atoms with Gasteiger partial charge in [-0.3, -0.25) is 4.79 Å². The molecule has 0 aromatic heterocycles. The van der Waals surface area contributed by atoms with Gasteiger partial charge in [-0.2, -0.15) is 4.79 Å². The lowest BCUT2D eigenvalue weighted by Gasteiger charge is -2.17. The number of carbonyl (C=O) groups excluding carboxylic acids is 2. The largest absolute Gasteiger partial charge is 0.457 e. The molecule has 1 unspecified atom stereocenters. The summed E-state index contributed by atoms with van der Waals surface area (Å²) in [5, 5.41) is 2.36. The highest BCUT2D eigenvalue weighted by atomic mass is 35.6. The van der Waals surface area contributed by atoms with Gasteiger partial charge in [0.15, 0.2) is 0 Å². The summed E-state index contributed by atoms with van der Waals surface area (Å²) in [6.07, 6.45) is 1.83. The molecule has 20 heavy (non-hydrogen) atoms. The van der Waals surface area contributed by atoms with Crippen molar-refractivity contribution in [2.24, 2.45) is 0 Å². The summed E-state index contributed by atoms with van der Waals surface area (Å²) in [5.74, 6) is -1.74. The maximum absolute atomic E-state index is 11.6. The number of unbranched alkanes of at least 4 members (excludes halogenated alkanes) is 1. The average molecular weight is 345 g/mol. The van der Waals surface area contributed by atoms with Gasteiger partial charge in [0.25, 0.3) is 9.70 Å². The van der Waals surface area contributed by atoms with Crippen LogP contribution in [0.5, 0.6) is 0 Å². The normalized spacial score (nSPS) is 12.2. The second-order valence-corrected chi connectivity index (χ2v) is 6.15. The first kappa shape index (κ1) is 19.2. The number of alkyl halides is 3. The molecule has 0 spiro atoms. The number of halogens is 3. The number of carbonyl (C=O) groups is 2. The maximum Gasteiger partial charge on any atom is 0.419 e. The van der Waals surface area contributed by atoms with Crippen molar-refractivity contribution in [3.05, 3.63) is 5.53 Å². The minimum absolute atomic E-state index is 0.108. The summed E-state index contributed by atoms with van der Waals surface area (Å²) in [7, 11) is 0. The summed E-state index contributed by atoms with van der Waals surface area (Å²) in [6, 6.07) is -0.887. The Bertz CT molecular complexity index is 403. The molecule has 0 aliphatic heterocycles. The van der Waals surface area contributed by atoms with Crippen molar-refractivity contribution >= 4 is 52.4 Å². The van der Waals surface area contributed by atoms with E-state index in [0.29, 0.717) is 12.8 Å². The van der Waals surface area contributed by atoms with Gasteiger partial charge in [-0.15, -0.1) is 0 Å². The van der Waals surface area contributed by atoms with Crippen molar-refractivity contribution in [1.82, 2.24) is 5.32 Å².